The van der Waals surface area contributed by atoms with Crippen molar-refractivity contribution in [2.45, 2.75) is 13.1 Å². The Balaban J connectivity index is 2.83. The molecule has 0 aliphatic heterocycles. The van der Waals surface area contributed by atoms with Crippen LogP contribution in [0.5, 0.6) is 0 Å². The summed E-state index contributed by atoms with van der Waals surface area (Å²) in [4.78, 5) is 0. The lowest BCUT2D eigenvalue weighted by Gasteiger charge is -2.07. The third-order valence-corrected chi connectivity index (χ3v) is 2.69. The zero-order chi connectivity index (χ0) is 11.2. The van der Waals surface area contributed by atoms with Crippen molar-refractivity contribution in [3.8, 4) is 0 Å². The molecule has 0 N–H and O–H groups in total. The Bertz CT molecular complexity index is 513. The Kier molecular flexibility index (Phi) is 2.30. The molecule has 0 spiro atoms. The molecule has 0 fully saturated rings. The molecule has 0 atom stereocenters. The van der Waals surface area contributed by atoms with Crippen molar-refractivity contribution in [3.05, 3.63) is 34.0 Å². The maximum Gasteiger partial charge on any atom is 0.417 e. The summed E-state index contributed by atoms with van der Waals surface area (Å²) in [5, 5.41) is 0.0920. The van der Waals surface area contributed by atoms with Crippen LogP contribution in [0.15, 0.2) is 27.1 Å². The summed E-state index contributed by atoms with van der Waals surface area (Å²) in [7, 11) is 0. The second kappa shape index (κ2) is 3.27. The topological polar surface area (TPSA) is 13.1 Å². The number of hydrogen-bond acceptors (Lipinski definition) is 1. The Morgan fingerprint density at radius 1 is 1.27 bits per heavy atom. The number of rotatable bonds is 0. The van der Waals surface area contributed by atoms with Gasteiger partial charge in [-0.05, 0) is 41.1 Å². The monoisotopic (exact) mass is 278 g/mol. The molecular formula is C10H6BrF3O. The van der Waals surface area contributed by atoms with Crippen LogP contribution in [0.4, 0.5) is 13.2 Å². The van der Waals surface area contributed by atoms with E-state index >= 15 is 0 Å². The lowest BCUT2D eigenvalue weighted by atomic mass is 10.1. The second-order valence-electron chi connectivity index (χ2n) is 3.19. The van der Waals surface area contributed by atoms with Crippen LogP contribution in [-0.4, -0.2) is 0 Å². The van der Waals surface area contributed by atoms with Crippen molar-refractivity contribution in [3.63, 3.8) is 0 Å². The molecule has 0 saturated carbocycles. The van der Waals surface area contributed by atoms with Crippen molar-refractivity contribution in [1.29, 1.82) is 0 Å². The van der Waals surface area contributed by atoms with E-state index in [4.69, 9.17) is 4.42 Å². The fraction of sp³-hybridized carbons (Fsp3) is 0.200. The zero-order valence-corrected chi connectivity index (χ0v) is 9.24. The maximum absolute atomic E-state index is 12.6. The first-order chi connectivity index (χ1) is 6.89. The molecule has 0 radical (unpaired) electrons. The number of benzene rings is 1. The molecule has 1 aromatic carbocycles. The van der Waals surface area contributed by atoms with E-state index in [1.165, 1.54) is 12.1 Å². The fourth-order valence-corrected chi connectivity index (χ4v) is 1.89. The number of fused-ring (bicyclic) bond motifs is 1. The van der Waals surface area contributed by atoms with Crippen molar-refractivity contribution in [1.82, 2.24) is 0 Å². The summed E-state index contributed by atoms with van der Waals surface area (Å²) in [6.07, 6.45) is -4.35. The van der Waals surface area contributed by atoms with Crippen LogP contribution in [0.3, 0.4) is 0 Å². The quantitative estimate of drug-likeness (QED) is 0.690. The van der Waals surface area contributed by atoms with E-state index < -0.39 is 11.7 Å². The highest BCUT2D eigenvalue weighted by Gasteiger charge is 2.33. The summed E-state index contributed by atoms with van der Waals surface area (Å²) < 4.78 is 43.5. The Morgan fingerprint density at radius 3 is 2.53 bits per heavy atom. The lowest BCUT2D eigenvalue weighted by Crippen LogP contribution is -2.04. The average molecular weight is 279 g/mol. The molecule has 5 heteroatoms. The van der Waals surface area contributed by atoms with Crippen LogP contribution in [0.2, 0.25) is 0 Å². The third-order valence-electron chi connectivity index (χ3n) is 2.06. The largest absolute Gasteiger partial charge is 0.460 e. The minimum absolute atomic E-state index is 0.0920. The third kappa shape index (κ3) is 1.76. The molecule has 1 heterocycles. The Morgan fingerprint density at radius 2 is 1.93 bits per heavy atom. The van der Waals surface area contributed by atoms with Crippen LogP contribution < -0.4 is 0 Å². The molecule has 0 aliphatic rings. The van der Waals surface area contributed by atoms with Gasteiger partial charge in [-0.25, -0.2) is 0 Å². The summed E-state index contributed by atoms with van der Waals surface area (Å²) in [6, 6.07) is 3.78. The van der Waals surface area contributed by atoms with Gasteiger partial charge in [0, 0.05) is 5.39 Å². The minimum Gasteiger partial charge on any atom is -0.460 e. The van der Waals surface area contributed by atoms with E-state index in [1.807, 2.05) is 0 Å². The van der Waals surface area contributed by atoms with Gasteiger partial charge in [0.2, 0.25) is 0 Å². The molecule has 15 heavy (non-hydrogen) atoms. The van der Waals surface area contributed by atoms with Gasteiger partial charge in [-0.1, -0.05) is 0 Å². The van der Waals surface area contributed by atoms with Crippen molar-refractivity contribution >= 4 is 26.9 Å². The zero-order valence-electron chi connectivity index (χ0n) is 7.65. The van der Waals surface area contributed by atoms with Crippen molar-refractivity contribution < 1.29 is 17.6 Å². The van der Waals surface area contributed by atoms with Gasteiger partial charge in [-0.2, -0.15) is 13.2 Å². The van der Waals surface area contributed by atoms with Crippen LogP contribution in [0, 0.1) is 6.92 Å². The molecule has 2 aromatic rings. The number of alkyl halides is 3. The standard InChI is InChI=1S/C10H6BrF3O/c1-5-4-6-7(10(12,13)14)2-3-8(11)9(6)15-5/h2-4H,1H3. The van der Waals surface area contributed by atoms with E-state index in [2.05, 4.69) is 15.9 Å². The summed E-state index contributed by atoms with van der Waals surface area (Å²) >= 11 is 3.15. The van der Waals surface area contributed by atoms with Crippen LogP contribution >= 0.6 is 15.9 Å². The summed E-state index contributed by atoms with van der Waals surface area (Å²) in [5.74, 6) is 0.461. The number of aryl methyl sites for hydroxylation is 1. The normalized spacial score (nSPS) is 12.3. The predicted octanol–water partition coefficient (Wildman–Crippen LogP) is 4.52. The first kappa shape index (κ1) is 10.5. The Hall–Kier alpha value is -0.970. The average Bonchev–Trinajstić information content (AvgIpc) is 2.45. The molecule has 0 aliphatic carbocycles. The van der Waals surface area contributed by atoms with Gasteiger partial charge in [0.15, 0.2) is 0 Å². The highest BCUT2D eigenvalue weighted by atomic mass is 79.9. The molecule has 0 bridgehead atoms. The van der Waals surface area contributed by atoms with Gasteiger partial charge < -0.3 is 4.42 Å². The van der Waals surface area contributed by atoms with Crippen molar-refractivity contribution in [2.75, 3.05) is 0 Å². The van der Waals surface area contributed by atoms with Gasteiger partial charge in [-0.15, -0.1) is 0 Å². The molecule has 2 rings (SSSR count). The van der Waals surface area contributed by atoms with E-state index in [0.717, 1.165) is 6.07 Å². The van der Waals surface area contributed by atoms with Crippen molar-refractivity contribution in [2.24, 2.45) is 0 Å². The van der Waals surface area contributed by atoms with Gasteiger partial charge in [0.05, 0.1) is 10.0 Å². The summed E-state index contributed by atoms with van der Waals surface area (Å²) in [6.45, 7) is 1.62. The van der Waals surface area contributed by atoms with Gasteiger partial charge >= 0.3 is 6.18 Å². The molecule has 1 aromatic heterocycles. The molecule has 0 saturated heterocycles. The molecular weight excluding hydrogens is 273 g/mol. The molecule has 0 amide bonds. The smallest absolute Gasteiger partial charge is 0.417 e. The van der Waals surface area contributed by atoms with Crippen LogP contribution in [0.25, 0.3) is 11.0 Å². The highest BCUT2D eigenvalue weighted by molar-refractivity contribution is 9.10. The molecule has 1 nitrogen and oxygen atoms in total. The maximum atomic E-state index is 12.6. The first-order valence-corrected chi connectivity index (χ1v) is 4.95. The van der Waals surface area contributed by atoms with E-state index in [9.17, 15) is 13.2 Å². The Labute approximate surface area is 92.0 Å². The molecule has 80 valence electrons. The van der Waals surface area contributed by atoms with Gasteiger partial charge in [0.25, 0.3) is 0 Å². The SMILES string of the molecule is Cc1cc2c(C(F)(F)F)ccc(Br)c2o1. The van der Waals surface area contributed by atoms with E-state index in [1.54, 1.807) is 6.92 Å². The number of hydrogen-bond donors (Lipinski definition) is 0. The lowest BCUT2D eigenvalue weighted by molar-refractivity contribution is -0.136. The van der Waals surface area contributed by atoms with Gasteiger partial charge in [0.1, 0.15) is 11.3 Å². The summed E-state index contributed by atoms with van der Waals surface area (Å²) in [5.41, 5.74) is -0.431. The minimum atomic E-state index is -4.35. The number of halogens is 4. The molecule has 0 unspecified atom stereocenters. The fourth-order valence-electron chi connectivity index (χ4n) is 1.46. The van der Waals surface area contributed by atoms with Crippen LogP contribution in [0.1, 0.15) is 11.3 Å². The second-order valence-corrected chi connectivity index (χ2v) is 4.05. The van der Waals surface area contributed by atoms with Gasteiger partial charge in [-0.3, -0.25) is 0 Å². The highest BCUT2D eigenvalue weighted by Crippen LogP contribution is 2.38. The van der Waals surface area contributed by atoms with Crippen LogP contribution in [-0.2, 0) is 6.18 Å². The van der Waals surface area contributed by atoms with E-state index in [-0.39, 0.29) is 11.0 Å². The van der Waals surface area contributed by atoms with E-state index in [0.29, 0.717) is 10.2 Å². The predicted molar refractivity (Wildman–Crippen MR) is 53.7 cm³/mol. The number of furan rings is 1. The first-order valence-electron chi connectivity index (χ1n) is 4.15.